The van der Waals surface area contributed by atoms with Crippen molar-refractivity contribution in [3.63, 3.8) is 0 Å². The lowest BCUT2D eigenvalue weighted by Gasteiger charge is -2.15. The summed E-state index contributed by atoms with van der Waals surface area (Å²) in [6.07, 6.45) is 4.51. The van der Waals surface area contributed by atoms with Gasteiger partial charge in [0.25, 0.3) is 0 Å². The number of rotatable bonds is 0. The predicted octanol–water partition coefficient (Wildman–Crippen LogP) is 3.08. The van der Waals surface area contributed by atoms with Crippen LogP contribution in [-0.2, 0) is 0 Å². The van der Waals surface area contributed by atoms with Crippen LogP contribution in [0.5, 0.6) is 0 Å². The first-order chi connectivity index (χ1) is 4.62. The highest BCUT2D eigenvalue weighted by molar-refractivity contribution is 5.07. The van der Waals surface area contributed by atoms with Gasteiger partial charge >= 0.3 is 0 Å². The molecule has 0 bridgehead atoms. The zero-order valence-electron chi connectivity index (χ0n) is 7.35. The fraction of sp³-hybridized carbons (Fsp3) is 1.00. The van der Waals surface area contributed by atoms with Gasteiger partial charge in [0.15, 0.2) is 0 Å². The summed E-state index contributed by atoms with van der Waals surface area (Å²) in [5, 5.41) is 0. The van der Waals surface area contributed by atoms with Gasteiger partial charge in [0.1, 0.15) is 0 Å². The molecule has 0 unspecified atom stereocenters. The van der Waals surface area contributed by atoms with Crippen molar-refractivity contribution in [2.75, 3.05) is 0 Å². The minimum absolute atomic E-state index is 0.727. The highest BCUT2D eigenvalue weighted by atomic mass is 14.6. The van der Waals surface area contributed by atoms with Gasteiger partial charge in [0.2, 0.25) is 0 Å². The Kier molecular flexibility index (Phi) is 1.19. The average Bonchev–Trinajstić information content (AvgIpc) is 2.36. The number of hydrogen-bond acceptors (Lipinski definition) is 0. The van der Waals surface area contributed by atoms with Crippen molar-refractivity contribution in [3.05, 3.63) is 0 Å². The molecule has 3 atom stereocenters. The van der Waals surface area contributed by atoms with Gasteiger partial charge in [-0.1, -0.05) is 27.2 Å². The van der Waals surface area contributed by atoms with E-state index in [-0.39, 0.29) is 0 Å². The van der Waals surface area contributed by atoms with Gasteiger partial charge in [-0.05, 0) is 36.0 Å². The molecule has 10 heavy (non-hydrogen) atoms. The maximum Gasteiger partial charge on any atom is -0.0292 e. The molecule has 0 aliphatic heterocycles. The summed E-state index contributed by atoms with van der Waals surface area (Å²) < 4.78 is 0. The normalized spacial score (nSPS) is 50.1. The average molecular weight is 138 g/mol. The Morgan fingerprint density at radius 3 is 2.30 bits per heavy atom. The van der Waals surface area contributed by atoms with E-state index in [0.29, 0.717) is 0 Å². The van der Waals surface area contributed by atoms with E-state index in [9.17, 15) is 0 Å². The van der Waals surface area contributed by atoms with Crippen LogP contribution in [0, 0.1) is 23.2 Å². The van der Waals surface area contributed by atoms with Crippen molar-refractivity contribution in [1.29, 1.82) is 0 Å². The van der Waals surface area contributed by atoms with Crippen molar-refractivity contribution in [2.45, 2.75) is 40.0 Å². The molecule has 0 N–H and O–H groups in total. The largest absolute Gasteiger partial charge is 0.0625 e. The van der Waals surface area contributed by atoms with Crippen LogP contribution >= 0.6 is 0 Å². The minimum Gasteiger partial charge on any atom is -0.0625 e. The highest BCUT2D eigenvalue weighted by Gasteiger charge is 2.58. The Hall–Kier alpha value is 0. The first-order valence-electron chi connectivity index (χ1n) is 4.62. The lowest BCUT2D eigenvalue weighted by atomic mass is 9.91. The van der Waals surface area contributed by atoms with Crippen molar-refractivity contribution in [3.8, 4) is 0 Å². The van der Waals surface area contributed by atoms with E-state index in [1.54, 1.807) is 0 Å². The molecule has 0 saturated heterocycles. The summed E-state index contributed by atoms with van der Waals surface area (Å²) in [5.74, 6) is 3.21. The van der Waals surface area contributed by atoms with Crippen LogP contribution in [0.15, 0.2) is 0 Å². The lowest BCUT2D eigenvalue weighted by Crippen LogP contribution is -2.03. The molecule has 2 aliphatic rings. The summed E-state index contributed by atoms with van der Waals surface area (Å²) >= 11 is 0. The molecule has 2 saturated carbocycles. The van der Waals surface area contributed by atoms with E-state index in [0.717, 1.165) is 23.2 Å². The second kappa shape index (κ2) is 1.78. The van der Waals surface area contributed by atoms with Gasteiger partial charge in [-0.25, -0.2) is 0 Å². The molecular weight excluding hydrogens is 120 g/mol. The minimum atomic E-state index is 0.727. The molecule has 2 aliphatic carbocycles. The zero-order chi connectivity index (χ0) is 7.35. The van der Waals surface area contributed by atoms with E-state index in [1.165, 1.54) is 19.3 Å². The third-order valence-electron chi connectivity index (χ3n) is 3.91. The van der Waals surface area contributed by atoms with E-state index < -0.39 is 0 Å². The molecule has 0 radical (unpaired) electrons. The first-order valence-corrected chi connectivity index (χ1v) is 4.62. The quantitative estimate of drug-likeness (QED) is 0.482. The van der Waals surface area contributed by atoms with Gasteiger partial charge in [-0.15, -0.1) is 0 Å². The Morgan fingerprint density at radius 2 is 1.80 bits per heavy atom. The fourth-order valence-electron chi connectivity index (χ4n) is 2.91. The molecule has 2 rings (SSSR count). The van der Waals surface area contributed by atoms with Gasteiger partial charge in [-0.2, -0.15) is 0 Å². The Morgan fingerprint density at radius 1 is 1.10 bits per heavy atom. The third kappa shape index (κ3) is 0.741. The smallest absolute Gasteiger partial charge is 0.0292 e. The van der Waals surface area contributed by atoms with Crippen molar-refractivity contribution in [2.24, 2.45) is 23.2 Å². The maximum atomic E-state index is 2.44. The monoisotopic (exact) mass is 138 g/mol. The van der Waals surface area contributed by atoms with Gasteiger partial charge in [0.05, 0.1) is 0 Å². The van der Waals surface area contributed by atoms with Crippen LogP contribution in [0.2, 0.25) is 0 Å². The second-order valence-corrected chi connectivity index (χ2v) is 4.95. The summed E-state index contributed by atoms with van der Waals surface area (Å²) in [7, 11) is 0. The van der Waals surface area contributed by atoms with E-state index in [2.05, 4.69) is 20.8 Å². The third-order valence-corrected chi connectivity index (χ3v) is 3.91. The number of fused-ring (bicyclic) bond motifs is 1. The molecule has 0 heteroatoms. The zero-order valence-corrected chi connectivity index (χ0v) is 7.35. The molecule has 0 aromatic carbocycles. The highest BCUT2D eigenvalue weighted by Crippen LogP contribution is 2.65. The standard InChI is InChI=1S/C10H18/c1-7-4-5-8-9(6-7)10(8,2)3/h7-9H,4-6H2,1-3H3/t7-,8-,9+/m1/s1. The molecule has 0 nitrogen and oxygen atoms in total. The van der Waals surface area contributed by atoms with E-state index in [4.69, 9.17) is 0 Å². The topological polar surface area (TPSA) is 0 Å². The van der Waals surface area contributed by atoms with Gasteiger partial charge < -0.3 is 0 Å². The Labute approximate surface area is 64.0 Å². The molecule has 0 heterocycles. The van der Waals surface area contributed by atoms with Crippen molar-refractivity contribution >= 4 is 0 Å². The molecule has 0 spiro atoms. The van der Waals surface area contributed by atoms with Gasteiger partial charge in [-0.3, -0.25) is 0 Å². The van der Waals surface area contributed by atoms with Crippen molar-refractivity contribution < 1.29 is 0 Å². The number of hydrogen-bond donors (Lipinski definition) is 0. The first kappa shape index (κ1) is 6.69. The molecule has 2 fully saturated rings. The summed E-state index contributed by atoms with van der Waals surface area (Å²) in [4.78, 5) is 0. The van der Waals surface area contributed by atoms with Crippen LogP contribution < -0.4 is 0 Å². The van der Waals surface area contributed by atoms with Crippen LogP contribution in [0.1, 0.15) is 40.0 Å². The molecule has 0 amide bonds. The van der Waals surface area contributed by atoms with E-state index in [1.807, 2.05) is 0 Å². The summed E-state index contributed by atoms with van der Waals surface area (Å²) in [6.45, 7) is 7.30. The van der Waals surface area contributed by atoms with Crippen LogP contribution in [-0.4, -0.2) is 0 Å². The SMILES string of the molecule is C[C@@H]1CC[C@@H]2[C@H](C1)C2(C)C. The second-order valence-electron chi connectivity index (χ2n) is 4.95. The predicted molar refractivity (Wildman–Crippen MR) is 43.8 cm³/mol. The maximum absolute atomic E-state index is 2.44. The molecule has 0 aromatic rings. The van der Waals surface area contributed by atoms with Crippen LogP contribution in [0.25, 0.3) is 0 Å². The van der Waals surface area contributed by atoms with Gasteiger partial charge in [0, 0.05) is 0 Å². The lowest BCUT2D eigenvalue weighted by molar-refractivity contribution is 0.367. The van der Waals surface area contributed by atoms with Crippen LogP contribution in [0.4, 0.5) is 0 Å². The Bertz CT molecular complexity index is 146. The molecular formula is C10H18. The molecule has 58 valence electrons. The summed E-state index contributed by atoms with van der Waals surface area (Å²) in [6, 6.07) is 0. The molecule has 0 aromatic heterocycles. The van der Waals surface area contributed by atoms with E-state index >= 15 is 0 Å². The Balaban J connectivity index is 2.04. The summed E-state index contributed by atoms with van der Waals surface area (Å²) in [5.41, 5.74) is 0.727. The van der Waals surface area contributed by atoms with Crippen LogP contribution in [0.3, 0.4) is 0 Å². The fourth-order valence-corrected chi connectivity index (χ4v) is 2.91. The van der Waals surface area contributed by atoms with Crippen molar-refractivity contribution in [1.82, 2.24) is 0 Å².